The lowest BCUT2D eigenvalue weighted by molar-refractivity contribution is 0.293. The Balaban J connectivity index is 1.77. The van der Waals surface area contributed by atoms with Gasteiger partial charge in [0, 0.05) is 18.5 Å². The van der Waals surface area contributed by atoms with Crippen LogP contribution in [0, 0.1) is 11.3 Å². The molecule has 124 valence electrons. The smallest absolute Gasteiger partial charge is 0.328 e. The molecule has 3 rings (SSSR count). The van der Waals surface area contributed by atoms with E-state index in [4.69, 9.17) is 10.00 Å². The molecular formula is C18H14N4O3. The van der Waals surface area contributed by atoms with Gasteiger partial charge in [-0.05, 0) is 17.2 Å². The molecule has 2 heterocycles. The van der Waals surface area contributed by atoms with Crippen molar-refractivity contribution in [3.05, 3.63) is 92.4 Å². The molecule has 0 unspecified atom stereocenters. The molecule has 0 saturated carbocycles. The maximum absolute atomic E-state index is 11.9. The molecular weight excluding hydrogens is 320 g/mol. The number of hydrogen-bond acceptors (Lipinski definition) is 5. The Hall–Kier alpha value is -3.66. The number of nitriles is 1. The first-order chi connectivity index (χ1) is 12.2. The molecule has 25 heavy (non-hydrogen) atoms. The lowest BCUT2D eigenvalue weighted by atomic mass is 10.2. The Morgan fingerprint density at radius 3 is 2.72 bits per heavy atom. The highest BCUT2D eigenvalue weighted by atomic mass is 16.5. The Morgan fingerprint density at radius 1 is 1.16 bits per heavy atom. The van der Waals surface area contributed by atoms with Gasteiger partial charge in [-0.1, -0.05) is 30.3 Å². The van der Waals surface area contributed by atoms with Gasteiger partial charge < -0.3 is 4.74 Å². The van der Waals surface area contributed by atoms with Crippen molar-refractivity contribution in [2.45, 2.75) is 13.2 Å². The van der Waals surface area contributed by atoms with Gasteiger partial charge in [0.1, 0.15) is 18.2 Å². The summed E-state index contributed by atoms with van der Waals surface area (Å²) in [5.74, 6) is 0.430. The average molecular weight is 334 g/mol. The van der Waals surface area contributed by atoms with E-state index in [9.17, 15) is 9.59 Å². The molecule has 0 aliphatic heterocycles. The van der Waals surface area contributed by atoms with E-state index in [-0.39, 0.29) is 12.1 Å². The first-order valence-electron chi connectivity index (χ1n) is 7.51. The second kappa shape index (κ2) is 7.27. The number of nitrogens with one attached hydrogen (secondary N) is 1. The van der Waals surface area contributed by atoms with Gasteiger partial charge in [-0.2, -0.15) is 5.26 Å². The van der Waals surface area contributed by atoms with Crippen molar-refractivity contribution in [3.63, 3.8) is 0 Å². The van der Waals surface area contributed by atoms with Crippen molar-refractivity contribution in [1.29, 1.82) is 5.26 Å². The summed E-state index contributed by atoms with van der Waals surface area (Å²) in [5.41, 5.74) is 0.397. The highest BCUT2D eigenvalue weighted by Gasteiger charge is 2.06. The standard InChI is InChI=1S/C18H14N4O3/c19-9-15-11-22(18(24)21-17(15)23)10-14-6-7-20-16(8-14)25-12-13-4-2-1-3-5-13/h1-8,11H,10,12H2,(H,21,23,24). The molecule has 0 fully saturated rings. The molecule has 0 aliphatic rings. The van der Waals surface area contributed by atoms with Crippen LogP contribution in [-0.4, -0.2) is 14.5 Å². The zero-order valence-electron chi connectivity index (χ0n) is 13.2. The van der Waals surface area contributed by atoms with Crippen LogP contribution in [0.1, 0.15) is 16.7 Å². The van der Waals surface area contributed by atoms with E-state index in [1.165, 1.54) is 10.8 Å². The van der Waals surface area contributed by atoms with Crippen molar-refractivity contribution in [2.24, 2.45) is 0 Å². The van der Waals surface area contributed by atoms with Crippen molar-refractivity contribution >= 4 is 0 Å². The van der Waals surface area contributed by atoms with Crippen molar-refractivity contribution in [2.75, 3.05) is 0 Å². The van der Waals surface area contributed by atoms with Crippen LogP contribution in [0.3, 0.4) is 0 Å². The number of pyridine rings is 1. The maximum Gasteiger partial charge on any atom is 0.328 e. The van der Waals surface area contributed by atoms with Crippen molar-refractivity contribution in [3.8, 4) is 11.9 Å². The fraction of sp³-hybridized carbons (Fsp3) is 0.111. The summed E-state index contributed by atoms with van der Waals surface area (Å²) in [6, 6.07) is 14.9. The average Bonchev–Trinajstić information content (AvgIpc) is 2.63. The third-order valence-electron chi connectivity index (χ3n) is 3.51. The van der Waals surface area contributed by atoms with Crippen LogP contribution >= 0.6 is 0 Å². The summed E-state index contributed by atoms with van der Waals surface area (Å²) in [5, 5.41) is 8.91. The highest BCUT2D eigenvalue weighted by molar-refractivity contribution is 5.24. The number of aromatic nitrogens is 3. The Labute approximate surface area is 142 Å². The van der Waals surface area contributed by atoms with Crippen molar-refractivity contribution in [1.82, 2.24) is 14.5 Å². The molecule has 0 atom stereocenters. The minimum atomic E-state index is -0.689. The molecule has 0 radical (unpaired) electrons. The number of benzene rings is 1. The van der Waals surface area contributed by atoms with Gasteiger partial charge in [0.25, 0.3) is 5.56 Å². The van der Waals surface area contributed by atoms with E-state index >= 15 is 0 Å². The van der Waals surface area contributed by atoms with E-state index in [0.29, 0.717) is 12.5 Å². The number of aromatic amines is 1. The summed E-state index contributed by atoms with van der Waals surface area (Å²) in [6.45, 7) is 0.572. The van der Waals surface area contributed by atoms with Crippen LogP contribution in [0.2, 0.25) is 0 Å². The molecule has 0 saturated heterocycles. The lowest BCUT2D eigenvalue weighted by Gasteiger charge is -2.08. The minimum absolute atomic E-state index is 0.116. The SMILES string of the molecule is N#Cc1cn(Cc2ccnc(OCc3ccccc3)c2)c(=O)[nH]c1=O. The minimum Gasteiger partial charge on any atom is -0.473 e. The first kappa shape index (κ1) is 16.2. The number of nitrogens with zero attached hydrogens (tertiary/aromatic N) is 3. The fourth-order valence-electron chi connectivity index (χ4n) is 2.26. The van der Waals surface area contributed by atoms with Crippen LogP contribution in [0.4, 0.5) is 0 Å². The van der Waals surface area contributed by atoms with Crippen molar-refractivity contribution < 1.29 is 4.74 Å². The summed E-state index contributed by atoms with van der Waals surface area (Å²) < 4.78 is 6.92. The third-order valence-corrected chi connectivity index (χ3v) is 3.51. The number of ether oxygens (including phenoxy) is 1. The molecule has 7 nitrogen and oxygen atoms in total. The first-order valence-corrected chi connectivity index (χ1v) is 7.51. The zero-order valence-corrected chi connectivity index (χ0v) is 13.2. The van der Waals surface area contributed by atoms with Crippen LogP contribution in [0.25, 0.3) is 0 Å². The predicted octanol–water partition coefficient (Wildman–Crippen LogP) is 1.43. The molecule has 1 aromatic carbocycles. The van der Waals surface area contributed by atoms with Gasteiger partial charge in [0.05, 0.1) is 6.54 Å². The van der Waals surface area contributed by atoms with E-state index < -0.39 is 11.2 Å². The van der Waals surface area contributed by atoms with Gasteiger partial charge >= 0.3 is 5.69 Å². The quantitative estimate of drug-likeness (QED) is 0.761. The molecule has 0 amide bonds. The molecule has 7 heteroatoms. The molecule has 1 N–H and O–H groups in total. The molecule has 3 aromatic rings. The summed E-state index contributed by atoms with van der Waals surface area (Å²) in [4.78, 5) is 29.6. The molecule has 0 aliphatic carbocycles. The van der Waals surface area contributed by atoms with E-state index in [2.05, 4.69) is 9.97 Å². The van der Waals surface area contributed by atoms with Gasteiger partial charge in [-0.3, -0.25) is 14.3 Å². The highest BCUT2D eigenvalue weighted by Crippen LogP contribution is 2.12. The fourth-order valence-corrected chi connectivity index (χ4v) is 2.26. The monoisotopic (exact) mass is 334 g/mol. The molecule has 2 aromatic heterocycles. The van der Waals surface area contributed by atoms with E-state index in [1.807, 2.05) is 30.3 Å². The van der Waals surface area contributed by atoms with Gasteiger partial charge in [0.15, 0.2) is 0 Å². The van der Waals surface area contributed by atoms with E-state index in [1.54, 1.807) is 24.4 Å². The predicted molar refractivity (Wildman–Crippen MR) is 90.2 cm³/mol. The number of H-pyrrole nitrogens is 1. The van der Waals surface area contributed by atoms with Gasteiger partial charge in [-0.25, -0.2) is 9.78 Å². The van der Waals surface area contributed by atoms with Crippen LogP contribution < -0.4 is 16.0 Å². The van der Waals surface area contributed by atoms with E-state index in [0.717, 1.165) is 11.1 Å². The lowest BCUT2D eigenvalue weighted by Crippen LogP contribution is -2.31. The van der Waals surface area contributed by atoms with Gasteiger partial charge in [0.2, 0.25) is 5.88 Å². The van der Waals surface area contributed by atoms with Gasteiger partial charge in [-0.15, -0.1) is 0 Å². The Kier molecular flexibility index (Phi) is 4.72. The Morgan fingerprint density at radius 2 is 1.96 bits per heavy atom. The molecule has 0 spiro atoms. The number of hydrogen-bond donors (Lipinski definition) is 1. The summed E-state index contributed by atoms with van der Waals surface area (Å²) in [7, 11) is 0. The Bertz CT molecular complexity index is 1030. The van der Waals surface area contributed by atoms with Crippen LogP contribution in [0.15, 0.2) is 64.4 Å². The summed E-state index contributed by atoms with van der Waals surface area (Å²) >= 11 is 0. The third kappa shape index (κ3) is 4.00. The zero-order chi connectivity index (χ0) is 17.6. The largest absolute Gasteiger partial charge is 0.473 e. The normalized spacial score (nSPS) is 10.2. The maximum atomic E-state index is 11.9. The second-order valence-electron chi connectivity index (χ2n) is 5.32. The number of rotatable bonds is 5. The van der Waals surface area contributed by atoms with Crippen LogP contribution in [-0.2, 0) is 13.2 Å². The van der Waals surface area contributed by atoms with Crippen LogP contribution in [0.5, 0.6) is 5.88 Å². The summed E-state index contributed by atoms with van der Waals surface area (Å²) in [6.07, 6.45) is 2.82. The second-order valence-corrected chi connectivity index (χ2v) is 5.32. The topological polar surface area (TPSA) is 101 Å². The molecule has 0 bridgehead atoms.